The number of halogens is 1. The Morgan fingerprint density at radius 2 is 2.18 bits per heavy atom. The fraction of sp³-hybridized carbons (Fsp3) is 0.529. The number of carbonyl (C=O) groups is 1. The maximum absolute atomic E-state index is 13.7. The predicted molar refractivity (Wildman–Crippen MR) is 95.4 cm³/mol. The topological polar surface area (TPSA) is 112 Å². The maximum atomic E-state index is 13.7. The van der Waals surface area contributed by atoms with E-state index >= 15 is 0 Å². The number of benzene rings is 1. The first-order valence-corrected chi connectivity index (χ1v) is 9.47. The molecule has 0 spiro atoms. The van der Waals surface area contributed by atoms with Gasteiger partial charge in [0.25, 0.3) is 0 Å². The van der Waals surface area contributed by atoms with Gasteiger partial charge in [0.1, 0.15) is 18.3 Å². The number of nitrogens with zero attached hydrogens (tertiary/aromatic N) is 5. The fourth-order valence-electron chi connectivity index (χ4n) is 4.52. The Hall–Kier alpha value is -2.47. The minimum absolute atomic E-state index is 0.0357. The summed E-state index contributed by atoms with van der Waals surface area (Å²) in [7, 11) is 0. The van der Waals surface area contributed by atoms with E-state index in [1.165, 1.54) is 12.4 Å². The van der Waals surface area contributed by atoms with Gasteiger partial charge in [-0.25, -0.2) is 19.9 Å². The Balaban J connectivity index is 1.32. The molecule has 4 heterocycles. The number of hydrogen-bond donors (Lipinski definition) is 4. The average Bonchev–Trinajstić information content (AvgIpc) is 3.46. The zero-order valence-corrected chi connectivity index (χ0v) is 15.1. The Morgan fingerprint density at radius 1 is 1.25 bits per heavy atom. The summed E-state index contributed by atoms with van der Waals surface area (Å²) >= 11 is 0. The van der Waals surface area contributed by atoms with Crippen molar-refractivity contribution in [2.24, 2.45) is 11.8 Å². The number of carbonyl (C=O) groups excluding carboxylic acids is 1. The highest BCUT2D eigenvalue weighted by molar-refractivity contribution is 5.80. The standard InChI is InChI=1S/C17H22FN9O/c18-11-3-1-2-10(6-11)15-13-8-26(5-4-14(13)21-22-15)17(28)12-7-19-23-16(12)27-9-20-24-25-27/h1-3,6,9,12-16,19,21-23H,4-5,7-8H2. The summed E-state index contributed by atoms with van der Waals surface area (Å²) in [5.74, 6) is -0.302. The highest BCUT2D eigenvalue weighted by Gasteiger charge is 2.44. The summed E-state index contributed by atoms with van der Waals surface area (Å²) in [6.45, 7) is 1.81. The van der Waals surface area contributed by atoms with Crippen LogP contribution >= 0.6 is 0 Å². The molecule has 148 valence electrons. The van der Waals surface area contributed by atoms with Crippen molar-refractivity contribution in [3.05, 3.63) is 42.0 Å². The Labute approximate surface area is 160 Å². The number of amides is 1. The van der Waals surface area contributed by atoms with Crippen LogP contribution in [0.4, 0.5) is 4.39 Å². The molecule has 3 aliphatic heterocycles. The minimum atomic E-state index is -0.320. The highest BCUT2D eigenvalue weighted by atomic mass is 19.1. The molecule has 3 saturated heterocycles. The quantitative estimate of drug-likeness (QED) is 0.536. The van der Waals surface area contributed by atoms with E-state index in [1.807, 2.05) is 11.0 Å². The summed E-state index contributed by atoms with van der Waals surface area (Å²) in [6.07, 6.45) is 2.03. The Morgan fingerprint density at radius 3 is 3.00 bits per heavy atom. The van der Waals surface area contributed by atoms with Gasteiger partial charge in [0.15, 0.2) is 0 Å². The molecule has 5 atom stereocenters. The van der Waals surface area contributed by atoms with Gasteiger partial charge in [0.2, 0.25) is 5.91 Å². The lowest BCUT2D eigenvalue weighted by Crippen LogP contribution is -2.50. The van der Waals surface area contributed by atoms with E-state index in [4.69, 9.17) is 0 Å². The number of likely N-dealkylation sites (tertiary alicyclic amines) is 1. The second-order valence-electron chi connectivity index (χ2n) is 7.53. The van der Waals surface area contributed by atoms with E-state index in [0.29, 0.717) is 19.6 Å². The molecule has 1 aromatic carbocycles. The van der Waals surface area contributed by atoms with Crippen LogP contribution < -0.4 is 21.7 Å². The first-order valence-electron chi connectivity index (χ1n) is 9.47. The van der Waals surface area contributed by atoms with Gasteiger partial charge in [-0.05, 0) is 34.5 Å². The summed E-state index contributed by atoms with van der Waals surface area (Å²) in [4.78, 5) is 15.2. The van der Waals surface area contributed by atoms with Crippen molar-refractivity contribution in [2.75, 3.05) is 19.6 Å². The second kappa shape index (κ2) is 7.17. The number of nitrogens with one attached hydrogen (secondary N) is 4. The summed E-state index contributed by atoms with van der Waals surface area (Å²) < 4.78 is 15.2. The van der Waals surface area contributed by atoms with E-state index < -0.39 is 0 Å². The van der Waals surface area contributed by atoms with Gasteiger partial charge in [-0.2, -0.15) is 0 Å². The van der Waals surface area contributed by atoms with E-state index in [-0.39, 0.29) is 41.8 Å². The van der Waals surface area contributed by atoms with Crippen LogP contribution in [0.2, 0.25) is 0 Å². The van der Waals surface area contributed by atoms with Gasteiger partial charge >= 0.3 is 0 Å². The summed E-state index contributed by atoms with van der Waals surface area (Å²) in [6, 6.07) is 6.86. The number of piperidine rings is 1. The van der Waals surface area contributed by atoms with E-state index in [9.17, 15) is 9.18 Å². The first kappa shape index (κ1) is 17.6. The third-order valence-corrected chi connectivity index (χ3v) is 5.95. The molecule has 5 rings (SSSR count). The molecular weight excluding hydrogens is 365 g/mol. The Bertz CT molecular complexity index is 847. The normalized spacial score (nSPS) is 32.5. The van der Waals surface area contributed by atoms with Gasteiger partial charge < -0.3 is 4.90 Å². The molecule has 1 amide bonds. The molecular formula is C17H22FN9O. The molecule has 0 saturated carbocycles. The number of fused-ring (bicyclic) bond motifs is 1. The van der Waals surface area contributed by atoms with E-state index in [1.54, 1.807) is 16.8 Å². The van der Waals surface area contributed by atoms with Crippen LogP contribution in [0.1, 0.15) is 24.2 Å². The molecule has 5 unspecified atom stereocenters. The summed E-state index contributed by atoms with van der Waals surface area (Å²) in [5.41, 5.74) is 13.6. The first-order chi connectivity index (χ1) is 13.7. The van der Waals surface area contributed by atoms with Crippen molar-refractivity contribution < 1.29 is 9.18 Å². The zero-order valence-electron chi connectivity index (χ0n) is 15.1. The lowest BCUT2D eigenvalue weighted by atomic mass is 9.84. The van der Waals surface area contributed by atoms with Gasteiger partial charge in [-0.15, -0.1) is 5.10 Å². The molecule has 4 N–H and O–H groups in total. The number of aromatic nitrogens is 4. The van der Waals surface area contributed by atoms with E-state index in [2.05, 4.69) is 37.2 Å². The lowest BCUT2D eigenvalue weighted by Gasteiger charge is -2.37. The number of tetrazole rings is 1. The lowest BCUT2D eigenvalue weighted by molar-refractivity contribution is -0.138. The van der Waals surface area contributed by atoms with Crippen LogP contribution in [-0.4, -0.2) is 56.7 Å². The second-order valence-corrected chi connectivity index (χ2v) is 7.53. The van der Waals surface area contributed by atoms with Gasteiger partial charge in [-0.3, -0.25) is 15.6 Å². The molecule has 11 heteroatoms. The molecule has 28 heavy (non-hydrogen) atoms. The van der Waals surface area contributed by atoms with Gasteiger partial charge in [0, 0.05) is 31.6 Å². The van der Waals surface area contributed by atoms with Gasteiger partial charge in [-0.1, -0.05) is 12.1 Å². The molecule has 2 aromatic rings. The minimum Gasteiger partial charge on any atom is -0.342 e. The third kappa shape index (κ3) is 3.05. The van der Waals surface area contributed by atoms with Crippen molar-refractivity contribution in [1.82, 2.24) is 46.8 Å². The van der Waals surface area contributed by atoms with Crippen LogP contribution in [0.25, 0.3) is 0 Å². The van der Waals surface area contributed by atoms with E-state index in [0.717, 1.165) is 12.0 Å². The molecule has 3 aliphatic rings. The zero-order chi connectivity index (χ0) is 19.1. The Kier molecular flexibility index (Phi) is 4.51. The van der Waals surface area contributed by atoms with Crippen LogP contribution in [0, 0.1) is 17.7 Å². The average molecular weight is 387 g/mol. The summed E-state index contributed by atoms with van der Waals surface area (Å²) in [5, 5.41) is 11.2. The monoisotopic (exact) mass is 387 g/mol. The molecule has 0 radical (unpaired) electrons. The molecule has 10 nitrogen and oxygen atoms in total. The largest absolute Gasteiger partial charge is 0.342 e. The maximum Gasteiger partial charge on any atom is 0.230 e. The SMILES string of the molecule is O=C(C1CNNC1n1cnnn1)N1CCC2NNC(c3cccc(F)c3)C2C1. The van der Waals surface area contributed by atoms with Crippen molar-refractivity contribution in [3.63, 3.8) is 0 Å². The fourth-order valence-corrected chi connectivity index (χ4v) is 4.52. The van der Waals surface area contributed by atoms with Crippen molar-refractivity contribution in [1.29, 1.82) is 0 Å². The molecule has 0 bridgehead atoms. The number of hydrogen-bond acceptors (Lipinski definition) is 8. The third-order valence-electron chi connectivity index (χ3n) is 5.95. The number of rotatable bonds is 3. The van der Waals surface area contributed by atoms with Crippen LogP contribution in [-0.2, 0) is 4.79 Å². The predicted octanol–water partition coefficient (Wildman–Crippen LogP) is -0.899. The number of hydrazine groups is 2. The molecule has 3 fully saturated rings. The van der Waals surface area contributed by atoms with Gasteiger partial charge in [0.05, 0.1) is 12.0 Å². The van der Waals surface area contributed by atoms with Crippen LogP contribution in [0.15, 0.2) is 30.6 Å². The molecule has 1 aromatic heterocycles. The highest BCUT2D eigenvalue weighted by Crippen LogP contribution is 2.35. The molecule has 0 aliphatic carbocycles. The smallest absolute Gasteiger partial charge is 0.230 e. The van der Waals surface area contributed by atoms with Crippen molar-refractivity contribution >= 4 is 5.91 Å². The van der Waals surface area contributed by atoms with Crippen molar-refractivity contribution in [3.8, 4) is 0 Å². The van der Waals surface area contributed by atoms with Crippen LogP contribution in [0.5, 0.6) is 0 Å². The van der Waals surface area contributed by atoms with Crippen molar-refractivity contribution in [2.45, 2.75) is 24.7 Å². The van der Waals surface area contributed by atoms with Crippen LogP contribution in [0.3, 0.4) is 0 Å².